The molecular weight excluding hydrogens is 286 g/mol. The van der Waals surface area contributed by atoms with Gasteiger partial charge >= 0.3 is 0 Å². The number of carbonyl (C=O) groups excluding carboxylic acids is 1. The Kier molecular flexibility index (Phi) is 4.47. The van der Waals surface area contributed by atoms with Gasteiger partial charge in [0.25, 0.3) is 11.8 Å². The number of rotatable bonds is 6. The molecule has 1 fully saturated rings. The molecule has 2 aromatic heterocycles. The van der Waals surface area contributed by atoms with Gasteiger partial charge < -0.3 is 14.6 Å². The summed E-state index contributed by atoms with van der Waals surface area (Å²) in [6.45, 7) is 2.99. The quantitative estimate of drug-likeness (QED) is 0.838. The van der Waals surface area contributed by atoms with Crippen LogP contribution in [0.25, 0.3) is 0 Å². The van der Waals surface area contributed by atoms with E-state index in [-0.39, 0.29) is 18.6 Å². The molecule has 0 radical (unpaired) electrons. The molecule has 2 N–H and O–H groups in total. The van der Waals surface area contributed by atoms with Crippen LogP contribution in [-0.4, -0.2) is 32.9 Å². The largest absolute Gasteiger partial charge is 0.368 e. The molecule has 2 aromatic rings. The van der Waals surface area contributed by atoms with E-state index in [2.05, 4.69) is 32.6 Å². The van der Waals surface area contributed by atoms with Gasteiger partial charge in [-0.25, -0.2) is 0 Å². The molecule has 3 heterocycles. The van der Waals surface area contributed by atoms with E-state index in [0.29, 0.717) is 17.4 Å². The van der Waals surface area contributed by atoms with Crippen molar-refractivity contribution in [3.63, 3.8) is 0 Å². The number of carbonyl (C=O) groups is 1. The lowest BCUT2D eigenvalue weighted by molar-refractivity contribution is 0.0835. The number of nitrogens with zero attached hydrogens (tertiary/aromatic N) is 3. The molecule has 1 aliphatic rings. The van der Waals surface area contributed by atoms with Crippen LogP contribution in [0.3, 0.4) is 0 Å². The van der Waals surface area contributed by atoms with Crippen molar-refractivity contribution in [3.05, 3.63) is 29.2 Å². The summed E-state index contributed by atoms with van der Waals surface area (Å²) in [5.41, 5.74) is 1.32. The molecule has 118 valence electrons. The second kappa shape index (κ2) is 6.69. The van der Waals surface area contributed by atoms with Crippen molar-refractivity contribution in [2.45, 2.75) is 45.3 Å². The average Bonchev–Trinajstić information content (AvgIpc) is 3.25. The summed E-state index contributed by atoms with van der Waals surface area (Å²) in [5, 5.41) is 13.4. The van der Waals surface area contributed by atoms with Gasteiger partial charge in [-0.05, 0) is 25.3 Å². The van der Waals surface area contributed by atoms with Crippen LogP contribution in [0.5, 0.6) is 0 Å². The topological polar surface area (TPSA) is 106 Å². The Hall–Kier alpha value is -2.22. The minimum absolute atomic E-state index is 0.111. The first kappa shape index (κ1) is 14.7. The second-order valence-electron chi connectivity index (χ2n) is 5.26. The van der Waals surface area contributed by atoms with Crippen LogP contribution in [-0.2, 0) is 17.7 Å². The van der Waals surface area contributed by atoms with Gasteiger partial charge in [0.2, 0.25) is 0 Å². The monoisotopic (exact) mass is 305 g/mol. The molecule has 22 heavy (non-hydrogen) atoms. The molecule has 0 aliphatic carbocycles. The van der Waals surface area contributed by atoms with Crippen LogP contribution in [0.15, 0.2) is 10.6 Å². The number of hydrogen-bond donors (Lipinski definition) is 2. The highest BCUT2D eigenvalue weighted by Gasteiger charge is 2.24. The molecular formula is C14H19N5O3. The molecule has 8 heteroatoms. The Morgan fingerprint density at radius 1 is 1.55 bits per heavy atom. The maximum atomic E-state index is 12.0. The van der Waals surface area contributed by atoms with E-state index >= 15 is 0 Å². The van der Waals surface area contributed by atoms with Crippen LogP contribution in [0.2, 0.25) is 0 Å². The van der Waals surface area contributed by atoms with Crippen LogP contribution in [0, 0.1) is 0 Å². The first-order valence-corrected chi connectivity index (χ1v) is 7.53. The Labute approximate surface area is 127 Å². The number of hydrogen-bond acceptors (Lipinski definition) is 6. The maximum absolute atomic E-state index is 12.0. The Balaban J connectivity index is 1.54. The summed E-state index contributed by atoms with van der Waals surface area (Å²) in [4.78, 5) is 16.2. The van der Waals surface area contributed by atoms with Crippen molar-refractivity contribution < 1.29 is 14.1 Å². The van der Waals surface area contributed by atoms with Gasteiger partial charge in [-0.1, -0.05) is 18.5 Å². The van der Waals surface area contributed by atoms with E-state index in [9.17, 15) is 4.79 Å². The molecule has 1 aliphatic heterocycles. The molecule has 1 saturated heterocycles. The van der Waals surface area contributed by atoms with E-state index in [1.54, 1.807) is 6.07 Å². The van der Waals surface area contributed by atoms with Crippen LogP contribution in [0.1, 0.15) is 60.2 Å². The van der Waals surface area contributed by atoms with E-state index in [4.69, 9.17) is 9.26 Å². The number of ether oxygens (including phenoxy) is 1. The van der Waals surface area contributed by atoms with Gasteiger partial charge in [-0.15, -0.1) is 0 Å². The third-order valence-corrected chi connectivity index (χ3v) is 3.48. The molecule has 0 unspecified atom stereocenters. The second-order valence-corrected chi connectivity index (χ2v) is 5.26. The first-order valence-electron chi connectivity index (χ1n) is 7.53. The zero-order valence-electron chi connectivity index (χ0n) is 12.5. The Morgan fingerprint density at radius 3 is 3.23 bits per heavy atom. The zero-order chi connectivity index (χ0) is 15.4. The molecule has 0 bridgehead atoms. The van der Waals surface area contributed by atoms with Crippen LogP contribution < -0.4 is 5.32 Å². The number of H-pyrrole nitrogens is 1. The van der Waals surface area contributed by atoms with Crippen molar-refractivity contribution in [2.24, 2.45) is 0 Å². The minimum Gasteiger partial charge on any atom is -0.368 e. The molecule has 8 nitrogen and oxygen atoms in total. The summed E-state index contributed by atoms with van der Waals surface area (Å²) in [6, 6.07) is 1.76. The number of nitrogens with one attached hydrogen (secondary N) is 2. The summed E-state index contributed by atoms with van der Waals surface area (Å²) in [7, 11) is 0. The lowest BCUT2D eigenvalue weighted by Gasteiger charge is -2.00. The number of aryl methyl sites for hydroxylation is 1. The third kappa shape index (κ3) is 3.33. The van der Waals surface area contributed by atoms with Gasteiger partial charge in [0.05, 0.1) is 6.54 Å². The average molecular weight is 305 g/mol. The van der Waals surface area contributed by atoms with Crippen molar-refractivity contribution in [1.82, 2.24) is 25.7 Å². The Morgan fingerprint density at radius 2 is 2.45 bits per heavy atom. The lowest BCUT2D eigenvalue weighted by atomic mass is 10.2. The third-order valence-electron chi connectivity index (χ3n) is 3.48. The Bertz CT molecular complexity index is 630. The predicted octanol–water partition coefficient (Wildman–Crippen LogP) is 1.53. The van der Waals surface area contributed by atoms with Gasteiger partial charge in [0.1, 0.15) is 11.8 Å². The summed E-state index contributed by atoms with van der Waals surface area (Å²) in [5.74, 6) is 0.650. The van der Waals surface area contributed by atoms with E-state index in [1.807, 2.05) is 0 Å². The smallest absolute Gasteiger partial charge is 0.272 e. The summed E-state index contributed by atoms with van der Waals surface area (Å²) in [6.07, 6.45) is 3.65. The fraction of sp³-hybridized carbons (Fsp3) is 0.571. The van der Waals surface area contributed by atoms with Crippen molar-refractivity contribution in [3.8, 4) is 0 Å². The summed E-state index contributed by atoms with van der Waals surface area (Å²) < 4.78 is 10.6. The van der Waals surface area contributed by atoms with Gasteiger partial charge in [0.15, 0.2) is 5.82 Å². The molecule has 1 atom stereocenters. The fourth-order valence-electron chi connectivity index (χ4n) is 2.37. The highest BCUT2D eigenvalue weighted by Crippen LogP contribution is 2.26. The molecule has 3 rings (SSSR count). The standard InChI is InChI=1S/C14H19N5O3/c1-2-4-9-7-10(18-17-9)13(20)15-8-12-16-14(22-19-12)11-5-3-6-21-11/h7,11H,2-6,8H2,1H3,(H,15,20)(H,17,18)/t11-/m0/s1. The maximum Gasteiger partial charge on any atom is 0.272 e. The van der Waals surface area contributed by atoms with Gasteiger partial charge in [-0.3, -0.25) is 9.89 Å². The van der Waals surface area contributed by atoms with Gasteiger partial charge in [-0.2, -0.15) is 10.1 Å². The van der Waals surface area contributed by atoms with Crippen LogP contribution in [0.4, 0.5) is 0 Å². The van der Waals surface area contributed by atoms with Crippen LogP contribution >= 0.6 is 0 Å². The van der Waals surface area contributed by atoms with E-state index in [1.165, 1.54) is 0 Å². The van der Waals surface area contributed by atoms with Crippen molar-refractivity contribution in [1.29, 1.82) is 0 Å². The van der Waals surface area contributed by atoms with E-state index in [0.717, 1.165) is 38.0 Å². The molecule has 0 aromatic carbocycles. The SMILES string of the molecule is CCCc1cc(C(=O)NCc2noc([C@@H]3CCCO3)n2)n[nH]1. The number of amides is 1. The lowest BCUT2D eigenvalue weighted by Crippen LogP contribution is -2.23. The molecule has 0 saturated carbocycles. The zero-order valence-corrected chi connectivity index (χ0v) is 12.5. The summed E-state index contributed by atoms with van der Waals surface area (Å²) >= 11 is 0. The number of aromatic amines is 1. The van der Waals surface area contributed by atoms with Crippen molar-refractivity contribution in [2.75, 3.05) is 6.61 Å². The predicted molar refractivity (Wildman–Crippen MR) is 76.0 cm³/mol. The van der Waals surface area contributed by atoms with Crippen molar-refractivity contribution >= 4 is 5.91 Å². The van der Waals surface area contributed by atoms with Gasteiger partial charge in [0, 0.05) is 12.3 Å². The number of aromatic nitrogens is 4. The molecule has 0 spiro atoms. The molecule has 1 amide bonds. The highest BCUT2D eigenvalue weighted by molar-refractivity contribution is 5.92. The highest BCUT2D eigenvalue weighted by atomic mass is 16.5. The minimum atomic E-state index is -0.262. The fourth-order valence-corrected chi connectivity index (χ4v) is 2.37. The van der Waals surface area contributed by atoms with E-state index < -0.39 is 0 Å². The normalized spacial score (nSPS) is 17.8. The first-order chi connectivity index (χ1) is 10.8.